The first-order valence-electron chi connectivity index (χ1n) is 8.16. The van der Waals surface area contributed by atoms with Gasteiger partial charge in [0.1, 0.15) is 0 Å². The monoisotopic (exact) mass is 418 g/mol. The van der Waals surface area contributed by atoms with Crippen molar-refractivity contribution in [2.24, 2.45) is 0 Å². The lowest BCUT2D eigenvalue weighted by Gasteiger charge is -2.09. The lowest BCUT2D eigenvalue weighted by Crippen LogP contribution is -2.15. The van der Waals surface area contributed by atoms with Crippen LogP contribution in [0.25, 0.3) is 0 Å². The number of carbonyl (C=O) groups excluding carboxylic acids is 2. The lowest BCUT2D eigenvalue weighted by molar-refractivity contribution is -0.115. The molecule has 0 spiro atoms. The second kappa shape index (κ2) is 9.12. The molecule has 0 saturated carbocycles. The Labute approximate surface area is 169 Å². The number of nitrogens with one attached hydrogen (secondary N) is 2. The molecule has 3 rings (SSSR count). The van der Waals surface area contributed by atoms with Crippen molar-refractivity contribution in [2.45, 2.75) is 24.6 Å². The minimum absolute atomic E-state index is 0.104. The SMILES string of the molecule is Cc1cccc(NC(=O)CSc2nnc(NC(=O)Cc3cccs3)s2)c1C. The van der Waals surface area contributed by atoms with E-state index in [0.717, 1.165) is 21.7 Å². The molecule has 0 saturated heterocycles. The van der Waals surface area contributed by atoms with Gasteiger partial charge in [0.2, 0.25) is 16.9 Å². The molecule has 2 aromatic heterocycles. The van der Waals surface area contributed by atoms with Gasteiger partial charge in [-0.1, -0.05) is 41.3 Å². The highest BCUT2D eigenvalue weighted by Gasteiger charge is 2.12. The molecule has 6 nitrogen and oxygen atoms in total. The molecule has 0 aliphatic heterocycles. The first-order valence-corrected chi connectivity index (χ1v) is 10.8. The molecule has 2 N–H and O–H groups in total. The molecule has 0 aliphatic rings. The smallest absolute Gasteiger partial charge is 0.234 e. The van der Waals surface area contributed by atoms with E-state index in [1.165, 1.54) is 34.4 Å². The van der Waals surface area contributed by atoms with Gasteiger partial charge in [-0.05, 0) is 42.5 Å². The van der Waals surface area contributed by atoms with E-state index in [9.17, 15) is 9.59 Å². The predicted octanol–water partition coefficient (Wildman–Crippen LogP) is 4.13. The molecule has 0 bridgehead atoms. The number of thiophene rings is 1. The summed E-state index contributed by atoms with van der Waals surface area (Å²) >= 11 is 4.09. The number of hydrogen-bond donors (Lipinski definition) is 2. The Morgan fingerprint density at radius 3 is 2.70 bits per heavy atom. The van der Waals surface area contributed by atoms with Crippen molar-refractivity contribution in [1.29, 1.82) is 0 Å². The van der Waals surface area contributed by atoms with Crippen LogP contribution in [-0.2, 0) is 16.0 Å². The number of thioether (sulfide) groups is 1. The molecule has 2 amide bonds. The van der Waals surface area contributed by atoms with Gasteiger partial charge in [0.05, 0.1) is 12.2 Å². The average Bonchev–Trinajstić information content (AvgIpc) is 3.29. The fraction of sp³-hybridized carbons (Fsp3) is 0.222. The zero-order valence-corrected chi connectivity index (χ0v) is 17.3. The van der Waals surface area contributed by atoms with Crippen molar-refractivity contribution in [2.75, 3.05) is 16.4 Å². The van der Waals surface area contributed by atoms with Crippen LogP contribution in [0.3, 0.4) is 0 Å². The minimum Gasteiger partial charge on any atom is -0.325 e. The Bertz CT molecular complexity index is 938. The number of nitrogens with zero attached hydrogens (tertiary/aromatic N) is 2. The van der Waals surface area contributed by atoms with Crippen LogP contribution in [-0.4, -0.2) is 27.8 Å². The van der Waals surface area contributed by atoms with Crippen molar-refractivity contribution in [3.05, 3.63) is 51.7 Å². The summed E-state index contributed by atoms with van der Waals surface area (Å²) in [5.74, 6) is -0.00415. The van der Waals surface area contributed by atoms with Crippen molar-refractivity contribution in [3.8, 4) is 0 Å². The number of anilines is 2. The summed E-state index contributed by atoms with van der Waals surface area (Å²) in [4.78, 5) is 25.1. The van der Waals surface area contributed by atoms with E-state index in [1.807, 2.05) is 49.6 Å². The van der Waals surface area contributed by atoms with Gasteiger partial charge in [0, 0.05) is 10.6 Å². The number of amides is 2. The van der Waals surface area contributed by atoms with Gasteiger partial charge in [-0.25, -0.2) is 0 Å². The van der Waals surface area contributed by atoms with Crippen LogP contribution in [0.5, 0.6) is 0 Å². The van der Waals surface area contributed by atoms with Crippen LogP contribution in [0.4, 0.5) is 10.8 Å². The molecule has 140 valence electrons. The van der Waals surface area contributed by atoms with Crippen LogP contribution in [0, 0.1) is 13.8 Å². The highest BCUT2D eigenvalue weighted by molar-refractivity contribution is 8.01. The quantitative estimate of drug-likeness (QED) is 0.445. The highest BCUT2D eigenvalue weighted by Crippen LogP contribution is 2.26. The predicted molar refractivity (Wildman–Crippen MR) is 112 cm³/mol. The zero-order valence-electron chi connectivity index (χ0n) is 14.8. The lowest BCUT2D eigenvalue weighted by atomic mass is 10.1. The van der Waals surface area contributed by atoms with Crippen LogP contribution < -0.4 is 10.6 Å². The van der Waals surface area contributed by atoms with Gasteiger partial charge in [-0.2, -0.15) is 0 Å². The number of rotatable bonds is 7. The summed E-state index contributed by atoms with van der Waals surface area (Å²) in [6.07, 6.45) is 0.317. The molecule has 1 aromatic carbocycles. The number of aryl methyl sites for hydroxylation is 1. The van der Waals surface area contributed by atoms with E-state index in [-0.39, 0.29) is 17.6 Å². The maximum absolute atomic E-state index is 12.2. The Morgan fingerprint density at radius 1 is 1.07 bits per heavy atom. The third-order valence-corrected chi connectivity index (χ3v) is 6.62. The molecule has 2 heterocycles. The van der Waals surface area contributed by atoms with Gasteiger partial charge < -0.3 is 10.6 Å². The minimum atomic E-state index is -0.127. The summed E-state index contributed by atoms with van der Waals surface area (Å²) < 4.78 is 0.637. The molecular weight excluding hydrogens is 400 g/mol. The zero-order chi connectivity index (χ0) is 19.2. The number of carbonyl (C=O) groups is 2. The van der Waals surface area contributed by atoms with Crippen LogP contribution in [0.1, 0.15) is 16.0 Å². The molecule has 0 unspecified atom stereocenters. The van der Waals surface area contributed by atoms with E-state index >= 15 is 0 Å². The highest BCUT2D eigenvalue weighted by atomic mass is 32.2. The summed E-state index contributed by atoms with van der Waals surface area (Å²) in [6, 6.07) is 9.64. The first-order chi connectivity index (χ1) is 13.0. The molecule has 27 heavy (non-hydrogen) atoms. The largest absolute Gasteiger partial charge is 0.325 e. The van der Waals surface area contributed by atoms with Gasteiger partial charge in [0.25, 0.3) is 0 Å². The Kier molecular flexibility index (Phi) is 6.59. The summed E-state index contributed by atoms with van der Waals surface area (Å²) in [7, 11) is 0. The normalized spacial score (nSPS) is 10.6. The van der Waals surface area contributed by atoms with Crippen molar-refractivity contribution in [3.63, 3.8) is 0 Å². The third kappa shape index (κ3) is 5.62. The van der Waals surface area contributed by atoms with Crippen LogP contribution in [0.2, 0.25) is 0 Å². The van der Waals surface area contributed by atoms with E-state index in [1.54, 1.807) is 0 Å². The van der Waals surface area contributed by atoms with Crippen molar-refractivity contribution in [1.82, 2.24) is 10.2 Å². The van der Waals surface area contributed by atoms with Gasteiger partial charge in [0.15, 0.2) is 4.34 Å². The second-order valence-electron chi connectivity index (χ2n) is 5.76. The summed E-state index contributed by atoms with van der Waals surface area (Å²) in [6.45, 7) is 3.99. The van der Waals surface area contributed by atoms with Crippen LogP contribution in [0.15, 0.2) is 40.1 Å². The topological polar surface area (TPSA) is 84.0 Å². The first kappa shape index (κ1) is 19.5. The van der Waals surface area contributed by atoms with Gasteiger partial charge in [-0.3, -0.25) is 9.59 Å². The third-order valence-electron chi connectivity index (χ3n) is 3.77. The van der Waals surface area contributed by atoms with Crippen molar-refractivity contribution >= 4 is 57.1 Å². The molecule has 9 heteroatoms. The molecule has 0 radical (unpaired) electrons. The van der Waals surface area contributed by atoms with Gasteiger partial charge >= 0.3 is 0 Å². The standard InChI is InChI=1S/C18H18N4O2S3/c1-11-5-3-7-14(12(11)2)19-16(24)10-26-18-22-21-17(27-18)20-15(23)9-13-6-4-8-25-13/h3-8H,9-10H2,1-2H3,(H,19,24)(H,20,21,23). The summed E-state index contributed by atoms with van der Waals surface area (Å²) in [5.41, 5.74) is 3.01. The molecule has 0 aliphatic carbocycles. The Morgan fingerprint density at radius 2 is 1.93 bits per heavy atom. The average molecular weight is 419 g/mol. The maximum Gasteiger partial charge on any atom is 0.234 e. The second-order valence-corrected chi connectivity index (χ2v) is 8.99. The fourth-order valence-electron chi connectivity index (χ4n) is 2.25. The van der Waals surface area contributed by atoms with Crippen LogP contribution >= 0.6 is 34.4 Å². The number of benzene rings is 1. The van der Waals surface area contributed by atoms with Crippen molar-refractivity contribution < 1.29 is 9.59 Å². The molecule has 3 aromatic rings. The number of aromatic nitrogens is 2. The molecular formula is C18H18N4O2S3. The maximum atomic E-state index is 12.2. The molecule has 0 atom stereocenters. The van der Waals surface area contributed by atoms with Gasteiger partial charge in [-0.15, -0.1) is 21.5 Å². The van der Waals surface area contributed by atoms with E-state index in [0.29, 0.717) is 15.9 Å². The Hall–Kier alpha value is -2.23. The number of hydrogen-bond acceptors (Lipinski definition) is 7. The van der Waals surface area contributed by atoms with E-state index in [4.69, 9.17) is 0 Å². The summed E-state index contributed by atoms with van der Waals surface area (Å²) in [5, 5.41) is 16.0. The Balaban J connectivity index is 1.48. The van der Waals surface area contributed by atoms with E-state index in [2.05, 4.69) is 20.8 Å². The molecule has 0 fully saturated rings. The fourth-order valence-corrected chi connectivity index (χ4v) is 4.53. The van der Waals surface area contributed by atoms with E-state index < -0.39 is 0 Å².